The van der Waals surface area contributed by atoms with E-state index in [0.29, 0.717) is 21.9 Å². The van der Waals surface area contributed by atoms with Crippen molar-refractivity contribution in [1.82, 2.24) is 0 Å². The number of carbonyl (C=O) groups excluding carboxylic acids is 1. The lowest BCUT2D eigenvalue weighted by molar-refractivity contribution is 0.0601. The number of thioether (sulfide) groups is 1. The fourth-order valence-electron chi connectivity index (χ4n) is 1.26. The highest BCUT2D eigenvalue weighted by Gasteiger charge is 2.13. The average Bonchev–Trinajstić information content (AvgIpc) is 2.29. The van der Waals surface area contributed by atoms with E-state index < -0.39 is 15.8 Å². The minimum absolute atomic E-state index is 0.0690. The molecule has 5 nitrogen and oxygen atoms in total. The molecule has 0 spiro atoms. The van der Waals surface area contributed by atoms with Gasteiger partial charge in [-0.1, -0.05) is 6.07 Å². The smallest absolute Gasteiger partial charge is 0.339 e. The van der Waals surface area contributed by atoms with Crippen LogP contribution in [0.2, 0.25) is 0 Å². The van der Waals surface area contributed by atoms with E-state index in [0.717, 1.165) is 0 Å². The van der Waals surface area contributed by atoms with Crippen molar-refractivity contribution in [2.45, 2.75) is 4.90 Å². The van der Waals surface area contributed by atoms with Gasteiger partial charge in [0.05, 0.1) is 24.1 Å². The predicted octanol–water partition coefficient (Wildman–Crippen LogP) is 1.19. The second kappa shape index (κ2) is 6.10. The summed E-state index contributed by atoms with van der Waals surface area (Å²) in [6.45, 7) is 0. The molecule has 0 saturated carbocycles. The summed E-state index contributed by atoms with van der Waals surface area (Å²) in [6, 6.07) is 5.00. The van der Waals surface area contributed by atoms with E-state index in [4.69, 9.17) is 5.73 Å². The Labute approximate surface area is 111 Å². The third-order valence-corrected chi connectivity index (χ3v) is 4.46. The second-order valence-corrected chi connectivity index (χ2v) is 7.08. The average molecular weight is 289 g/mol. The van der Waals surface area contributed by atoms with Crippen LogP contribution in [0.15, 0.2) is 23.1 Å². The minimum atomic E-state index is -2.99. The molecular formula is C11H15NO4S2. The maximum absolute atomic E-state index is 11.4. The van der Waals surface area contributed by atoms with Gasteiger partial charge in [-0.3, -0.25) is 0 Å². The van der Waals surface area contributed by atoms with Crippen LogP contribution in [0.4, 0.5) is 5.69 Å². The Morgan fingerprint density at radius 3 is 2.67 bits per heavy atom. The van der Waals surface area contributed by atoms with Gasteiger partial charge in [0.2, 0.25) is 0 Å². The number of ether oxygens (including phenoxy) is 1. The molecule has 0 radical (unpaired) electrons. The first kappa shape index (κ1) is 14.8. The molecule has 0 aliphatic carbocycles. The van der Waals surface area contributed by atoms with Crippen molar-refractivity contribution < 1.29 is 17.9 Å². The molecule has 0 amide bonds. The Morgan fingerprint density at radius 1 is 1.44 bits per heavy atom. The molecule has 1 aromatic rings. The van der Waals surface area contributed by atoms with Crippen molar-refractivity contribution >= 4 is 33.3 Å². The molecule has 2 N–H and O–H groups in total. The summed E-state index contributed by atoms with van der Waals surface area (Å²) in [6.07, 6.45) is 1.18. The number of sulfone groups is 1. The van der Waals surface area contributed by atoms with Gasteiger partial charge < -0.3 is 10.5 Å². The first-order valence-corrected chi connectivity index (χ1v) is 8.17. The van der Waals surface area contributed by atoms with Gasteiger partial charge in [0.25, 0.3) is 0 Å². The van der Waals surface area contributed by atoms with Crippen molar-refractivity contribution in [3.05, 3.63) is 23.8 Å². The van der Waals surface area contributed by atoms with Gasteiger partial charge in [-0.2, -0.15) is 0 Å². The van der Waals surface area contributed by atoms with Gasteiger partial charge in [0, 0.05) is 16.9 Å². The van der Waals surface area contributed by atoms with Crippen molar-refractivity contribution in [3.63, 3.8) is 0 Å². The zero-order valence-corrected chi connectivity index (χ0v) is 11.8. The first-order chi connectivity index (χ1) is 8.35. The van der Waals surface area contributed by atoms with E-state index in [2.05, 4.69) is 4.74 Å². The number of carbonyl (C=O) groups is 1. The largest absolute Gasteiger partial charge is 0.465 e. The summed E-state index contributed by atoms with van der Waals surface area (Å²) in [5, 5.41) is 0. The molecule has 1 aromatic carbocycles. The molecule has 0 aliphatic rings. The molecule has 100 valence electrons. The Hall–Kier alpha value is -1.21. The van der Waals surface area contributed by atoms with E-state index in [1.54, 1.807) is 18.2 Å². The number of para-hydroxylation sites is 1. The minimum Gasteiger partial charge on any atom is -0.465 e. The number of hydrogen-bond acceptors (Lipinski definition) is 6. The summed E-state index contributed by atoms with van der Waals surface area (Å²) in [4.78, 5) is 12.1. The van der Waals surface area contributed by atoms with Gasteiger partial charge in [0.1, 0.15) is 9.84 Å². The normalized spacial score (nSPS) is 11.2. The van der Waals surface area contributed by atoms with E-state index in [9.17, 15) is 13.2 Å². The van der Waals surface area contributed by atoms with Crippen LogP contribution in [0.25, 0.3) is 0 Å². The van der Waals surface area contributed by atoms with Crippen molar-refractivity contribution in [2.75, 3.05) is 30.6 Å². The van der Waals surface area contributed by atoms with Crippen LogP contribution < -0.4 is 5.73 Å². The number of nitrogens with two attached hydrogens (primary N) is 1. The van der Waals surface area contributed by atoms with Gasteiger partial charge >= 0.3 is 5.97 Å². The number of benzene rings is 1. The molecule has 1 rings (SSSR count). The summed E-state index contributed by atoms with van der Waals surface area (Å²) in [5.74, 6) is -0.0363. The maximum Gasteiger partial charge on any atom is 0.339 e. The lowest BCUT2D eigenvalue weighted by atomic mass is 10.2. The van der Waals surface area contributed by atoms with Crippen LogP contribution in [-0.2, 0) is 14.6 Å². The SMILES string of the molecule is COC(=O)c1cccc(SCCS(C)(=O)=O)c1N. The summed E-state index contributed by atoms with van der Waals surface area (Å²) < 4.78 is 26.6. The second-order valence-electron chi connectivity index (χ2n) is 3.69. The highest BCUT2D eigenvalue weighted by atomic mass is 32.2. The molecule has 0 heterocycles. The van der Waals surface area contributed by atoms with Crippen molar-refractivity contribution in [3.8, 4) is 0 Å². The van der Waals surface area contributed by atoms with Crippen molar-refractivity contribution in [2.24, 2.45) is 0 Å². The third kappa shape index (κ3) is 4.23. The Bertz CT molecular complexity index is 540. The Morgan fingerprint density at radius 2 is 2.11 bits per heavy atom. The highest BCUT2D eigenvalue weighted by molar-refractivity contribution is 8.00. The molecule has 0 aliphatic heterocycles. The van der Waals surface area contributed by atoms with Crippen molar-refractivity contribution in [1.29, 1.82) is 0 Å². The van der Waals surface area contributed by atoms with Crippen LogP contribution in [0.1, 0.15) is 10.4 Å². The van der Waals surface area contributed by atoms with E-state index in [-0.39, 0.29) is 5.75 Å². The molecule has 0 unspecified atom stereocenters. The fraction of sp³-hybridized carbons (Fsp3) is 0.364. The lowest BCUT2D eigenvalue weighted by Gasteiger charge is -2.08. The first-order valence-electron chi connectivity index (χ1n) is 5.12. The van der Waals surface area contributed by atoms with E-state index in [1.165, 1.54) is 25.1 Å². The molecule has 0 bridgehead atoms. The van der Waals surface area contributed by atoms with E-state index in [1.807, 2.05) is 0 Å². The Balaban J connectivity index is 2.81. The summed E-state index contributed by atoms with van der Waals surface area (Å²) >= 11 is 1.30. The number of methoxy groups -OCH3 is 1. The van der Waals surface area contributed by atoms with Gasteiger partial charge in [-0.05, 0) is 12.1 Å². The van der Waals surface area contributed by atoms with Crippen LogP contribution in [0.3, 0.4) is 0 Å². The molecule has 0 fully saturated rings. The maximum atomic E-state index is 11.4. The third-order valence-electron chi connectivity index (χ3n) is 2.18. The van der Waals surface area contributed by atoms with Gasteiger partial charge in [-0.15, -0.1) is 11.8 Å². The number of esters is 1. The quantitative estimate of drug-likeness (QED) is 0.498. The monoisotopic (exact) mass is 289 g/mol. The van der Waals surface area contributed by atoms with Crippen LogP contribution in [0.5, 0.6) is 0 Å². The predicted molar refractivity (Wildman–Crippen MR) is 72.6 cm³/mol. The highest BCUT2D eigenvalue weighted by Crippen LogP contribution is 2.28. The molecule has 18 heavy (non-hydrogen) atoms. The topological polar surface area (TPSA) is 86.5 Å². The zero-order chi connectivity index (χ0) is 13.8. The molecule has 0 atom stereocenters. The van der Waals surface area contributed by atoms with Crippen LogP contribution >= 0.6 is 11.8 Å². The number of rotatable bonds is 5. The van der Waals surface area contributed by atoms with Gasteiger partial charge in [0.15, 0.2) is 0 Å². The lowest BCUT2D eigenvalue weighted by Crippen LogP contribution is -2.08. The van der Waals surface area contributed by atoms with Crippen LogP contribution in [0, 0.1) is 0 Å². The number of nitrogen functional groups attached to an aromatic ring is 1. The Kier molecular flexibility index (Phi) is 5.03. The zero-order valence-electron chi connectivity index (χ0n) is 10.2. The fourth-order valence-corrected chi connectivity index (χ4v) is 3.47. The molecule has 0 aromatic heterocycles. The van der Waals surface area contributed by atoms with Crippen LogP contribution in [-0.4, -0.2) is 39.3 Å². The molecule has 7 heteroatoms. The molecule has 0 saturated heterocycles. The van der Waals surface area contributed by atoms with E-state index >= 15 is 0 Å². The molecular weight excluding hydrogens is 274 g/mol. The summed E-state index contributed by atoms with van der Waals surface area (Å²) in [5.41, 5.74) is 6.45. The number of anilines is 1. The number of hydrogen-bond donors (Lipinski definition) is 1. The standard InChI is InChI=1S/C11H15NO4S2/c1-16-11(13)8-4-3-5-9(10(8)12)17-6-7-18(2,14)15/h3-5H,6-7,12H2,1-2H3. The summed E-state index contributed by atoms with van der Waals surface area (Å²) in [7, 11) is -1.71. The van der Waals surface area contributed by atoms with Gasteiger partial charge in [-0.25, -0.2) is 13.2 Å².